The van der Waals surface area contributed by atoms with E-state index in [1.54, 1.807) is 6.20 Å². The Morgan fingerprint density at radius 1 is 1.18 bits per heavy atom. The lowest BCUT2D eigenvalue weighted by atomic mass is 10.1. The van der Waals surface area contributed by atoms with Gasteiger partial charge in [0.15, 0.2) is 0 Å². The van der Waals surface area contributed by atoms with Gasteiger partial charge in [-0.3, -0.25) is 14.2 Å². The first-order valence-corrected chi connectivity index (χ1v) is 11.7. The Hall–Kier alpha value is -3.52. The molecule has 3 heterocycles. The molecule has 170 valence electrons. The smallest absolute Gasteiger partial charge is 0.262 e. The highest BCUT2D eigenvalue weighted by Crippen LogP contribution is 2.30. The molecule has 0 atom stereocenters. The van der Waals surface area contributed by atoms with Crippen LogP contribution >= 0.6 is 11.3 Å². The Morgan fingerprint density at radius 2 is 1.97 bits per heavy atom. The van der Waals surface area contributed by atoms with Crippen LogP contribution in [0.1, 0.15) is 31.4 Å². The SMILES string of the molecule is Cc1ccc(-c2csc3ncn(CCC(=O)NCc4cccnc4OC(C)C)c(=O)c23)cc1. The summed E-state index contributed by atoms with van der Waals surface area (Å²) in [7, 11) is 0. The van der Waals surface area contributed by atoms with Crippen LogP contribution < -0.4 is 15.6 Å². The van der Waals surface area contributed by atoms with Gasteiger partial charge in [-0.05, 0) is 32.4 Å². The number of thiophene rings is 1. The molecule has 0 saturated carbocycles. The first-order chi connectivity index (χ1) is 15.9. The molecule has 8 heteroatoms. The average Bonchev–Trinajstić information content (AvgIpc) is 3.23. The fraction of sp³-hybridized carbons (Fsp3) is 0.280. The fourth-order valence-corrected chi connectivity index (χ4v) is 4.37. The topological polar surface area (TPSA) is 86.1 Å². The number of rotatable bonds is 8. The Morgan fingerprint density at radius 3 is 2.73 bits per heavy atom. The molecule has 0 aliphatic rings. The van der Waals surface area contributed by atoms with E-state index in [1.807, 2.05) is 62.5 Å². The molecule has 33 heavy (non-hydrogen) atoms. The van der Waals surface area contributed by atoms with E-state index in [2.05, 4.69) is 15.3 Å². The molecule has 7 nitrogen and oxygen atoms in total. The van der Waals surface area contributed by atoms with Crippen LogP contribution in [-0.2, 0) is 17.9 Å². The summed E-state index contributed by atoms with van der Waals surface area (Å²) >= 11 is 1.45. The fourth-order valence-electron chi connectivity index (χ4n) is 3.46. The van der Waals surface area contributed by atoms with E-state index in [-0.39, 0.29) is 30.5 Å². The Bertz CT molecular complexity index is 1330. The van der Waals surface area contributed by atoms with Crippen molar-refractivity contribution in [3.05, 3.63) is 75.8 Å². The summed E-state index contributed by atoms with van der Waals surface area (Å²) in [5.41, 5.74) is 3.69. The lowest BCUT2D eigenvalue weighted by Gasteiger charge is -2.13. The summed E-state index contributed by atoms with van der Waals surface area (Å²) < 4.78 is 7.20. The summed E-state index contributed by atoms with van der Waals surface area (Å²) in [5, 5.41) is 5.44. The van der Waals surface area contributed by atoms with Crippen molar-refractivity contribution >= 4 is 27.5 Å². The minimum Gasteiger partial charge on any atom is -0.475 e. The van der Waals surface area contributed by atoms with Crippen molar-refractivity contribution in [2.75, 3.05) is 0 Å². The van der Waals surface area contributed by atoms with Gasteiger partial charge >= 0.3 is 0 Å². The third-order valence-electron chi connectivity index (χ3n) is 5.18. The maximum atomic E-state index is 13.2. The number of aryl methyl sites for hydroxylation is 2. The van der Waals surface area contributed by atoms with Gasteiger partial charge in [0, 0.05) is 42.2 Å². The van der Waals surface area contributed by atoms with Gasteiger partial charge in [-0.1, -0.05) is 35.9 Å². The number of nitrogens with one attached hydrogen (secondary N) is 1. The van der Waals surface area contributed by atoms with Crippen LogP contribution in [0.15, 0.2) is 59.1 Å². The number of fused-ring (bicyclic) bond motifs is 1. The van der Waals surface area contributed by atoms with Gasteiger partial charge in [-0.25, -0.2) is 9.97 Å². The maximum absolute atomic E-state index is 13.2. The highest BCUT2D eigenvalue weighted by Gasteiger charge is 2.14. The van der Waals surface area contributed by atoms with Gasteiger partial charge < -0.3 is 10.1 Å². The molecule has 1 aromatic carbocycles. The van der Waals surface area contributed by atoms with Gasteiger partial charge in [0.05, 0.1) is 17.8 Å². The molecule has 4 aromatic rings. The molecule has 0 aliphatic carbocycles. The number of carbonyl (C=O) groups is 1. The van der Waals surface area contributed by atoms with Gasteiger partial charge in [0.1, 0.15) is 4.83 Å². The molecule has 4 rings (SSSR count). The number of nitrogens with zero attached hydrogens (tertiary/aromatic N) is 3. The molecule has 0 saturated heterocycles. The van der Waals surface area contributed by atoms with Crippen LogP contribution in [0.5, 0.6) is 5.88 Å². The number of carbonyl (C=O) groups excluding carboxylic acids is 1. The highest BCUT2D eigenvalue weighted by atomic mass is 32.1. The molecule has 0 aliphatic heterocycles. The molecule has 1 N–H and O–H groups in total. The standard InChI is InChI=1S/C25H26N4O3S/c1-16(2)32-23-19(5-4-11-26-23)13-27-21(30)10-12-29-15-28-24-22(25(29)31)20(14-33-24)18-8-6-17(3)7-9-18/h4-9,11,14-16H,10,12-13H2,1-3H3,(H,27,30). The zero-order chi connectivity index (χ0) is 23.4. The van der Waals surface area contributed by atoms with E-state index in [4.69, 9.17) is 4.74 Å². The van der Waals surface area contributed by atoms with E-state index < -0.39 is 0 Å². The predicted molar refractivity (Wildman–Crippen MR) is 131 cm³/mol. The average molecular weight is 463 g/mol. The number of ether oxygens (including phenoxy) is 1. The molecular weight excluding hydrogens is 436 g/mol. The zero-order valence-electron chi connectivity index (χ0n) is 18.9. The minimum atomic E-state index is -0.162. The highest BCUT2D eigenvalue weighted by molar-refractivity contribution is 7.17. The van der Waals surface area contributed by atoms with Crippen LogP contribution in [-0.4, -0.2) is 26.5 Å². The summed E-state index contributed by atoms with van der Waals surface area (Å²) in [6.07, 6.45) is 3.33. The lowest BCUT2D eigenvalue weighted by molar-refractivity contribution is -0.121. The van der Waals surface area contributed by atoms with Crippen molar-refractivity contribution in [1.82, 2.24) is 19.9 Å². The van der Waals surface area contributed by atoms with E-state index in [1.165, 1.54) is 22.2 Å². The third-order valence-corrected chi connectivity index (χ3v) is 6.06. The van der Waals surface area contributed by atoms with Gasteiger partial charge in [0.2, 0.25) is 11.8 Å². The van der Waals surface area contributed by atoms with E-state index in [0.717, 1.165) is 22.3 Å². The number of hydrogen-bond donors (Lipinski definition) is 1. The van der Waals surface area contributed by atoms with Crippen molar-refractivity contribution in [3.8, 4) is 17.0 Å². The summed E-state index contributed by atoms with van der Waals surface area (Å²) in [5.74, 6) is 0.352. The van der Waals surface area contributed by atoms with Crippen molar-refractivity contribution in [2.45, 2.75) is 46.4 Å². The zero-order valence-corrected chi connectivity index (χ0v) is 19.7. The molecule has 0 radical (unpaired) electrons. The molecule has 3 aromatic heterocycles. The first-order valence-electron chi connectivity index (χ1n) is 10.8. The molecule has 0 bridgehead atoms. The second-order valence-corrected chi connectivity index (χ2v) is 8.96. The molecule has 0 fully saturated rings. The van der Waals surface area contributed by atoms with Crippen LogP contribution in [0.3, 0.4) is 0 Å². The van der Waals surface area contributed by atoms with Gasteiger partial charge in [-0.15, -0.1) is 11.3 Å². The number of benzene rings is 1. The Labute approximate surface area is 196 Å². The molecular formula is C25H26N4O3S. The first kappa shape index (κ1) is 22.7. The van der Waals surface area contributed by atoms with Crippen molar-refractivity contribution < 1.29 is 9.53 Å². The number of pyridine rings is 1. The van der Waals surface area contributed by atoms with Crippen LogP contribution in [0, 0.1) is 6.92 Å². The van der Waals surface area contributed by atoms with Gasteiger partial charge in [-0.2, -0.15) is 0 Å². The molecule has 1 amide bonds. The van der Waals surface area contributed by atoms with Crippen LogP contribution in [0.4, 0.5) is 0 Å². The monoisotopic (exact) mass is 462 g/mol. The van der Waals surface area contributed by atoms with Crippen LogP contribution in [0.25, 0.3) is 21.3 Å². The summed E-state index contributed by atoms with van der Waals surface area (Å²) in [6, 6.07) is 11.8. The lowest BCUT2D eigenvalue weighted by Crippen LogP contribution is -2.27. The third kappa shape index (κ3) is 5.28. The maximum Gasteiger partial charge on any atom is 0.262 e. The minimum absolute atomic E-state index is 0.00875. The largest absolute Gasteiger partial charge is 0.475 e. The Balaban J connectivity index is 1.45. The Kier molecular flexibility index (Phi) is 6.84. The quantitative estimate of drug-likeness (QED) is 0.421. The number of aromatic nitrogens is 3. The predicted octanol–water partition coefficient (Wildman–Crippen LogP) is 4.32. The normalized spacial score (nSPS) is 11.2. The number of amides is 1. The molecule has 0 unspecified atom stereocenters. The van der Waals surface area contributed by atoms with Gasteiger partial charge in [0.25, 0.3) is 5.56 Å². The summed E-state index contributed by atoms with van der Waals surface area (Å²) in [6.45, 7) is 6.44. The van der Waals surface area contributed by atoms with Crippen molar-refractivity contribution in [3.63, 3.8) is 0 Å². The molecule has 0 spiro atoms. The van der Waals surface area contributed by atoms with E-state index in [9.17, 15) is 9.59 Å². The summed E-state index contributed by atoms with van der Waals surface area (Å²) in [4.78, 5) is 35.0. The second kappa shape index (κ2) is 9.95. The second-order valence-electron chi connectivity index (χ2n) is 8.10. The van der Waals surface area contributed by atoms with Crippen molar-refractivity contribution in [1.29, 1.82) is 0 Å². The van der Waals surface area contributed by atoms with E-state index in [0.29, 0.717) is 22.6 Å². The van der Waals surface area contributed by atoms with E-state index >= 15 is 0 Å². The number of hydrogen-bond acceptors (Lipinski definition) is 6. The van der Waals surface area contributed by atoms with Crippen molar-refractivity contribution in [2.24, 2.45) is 0 Å². The van der Waals surface area contributed by atoms with Crippen LogP contribution in [0.2, 0.25) is 0 Å².